The second-order valence-electron chi connectivity index (χ2n) is 2.70. The number of likely N-dealkylation sites (N-methyl/N-ethyl adjacent to an activating group) is 1. The summed E-state index contributed by atoms with van der Waals surface area (Å²) in [5.74, 6) is 0. The highest BCUT2D eigenvalue weighted by atomic mass is 31.2. The van der Waals surface area contributed by atoms with Gasteiger partial charge in [0.15, 0.2) is 0 Å². The molecular weight excluding hydrogens is 177 g/mol. The molecule has 5 heteroatoms. The lowest BCUT2D eigenvalue weighted by molar-refractivity contribution is 0.189. The molecule has 0 atom stereocenters. The molecule has 0 aliphatic carbocycles. The summed E-state index contributed by atoms with van der Waals surface area (Å²) >= 11 is 0. The van der Waals surface area contributed by atoms with Crippen molar-refractivity contribution in [3.05, 3.63) is 0 Å². The summed E-state index contributed by atoms with van der Waals surface area (Å²) in [5, 5.41) is 0. The van der Waals surface area contributed by atoms with Gasteiger partial charge in [0.05, 0.1) is 0 Å². The lowest BCUT2D eigenvalue weighted by atomic mass is 10.5. The van der Waals surface area contributed by atoms with Crippen LogP contribution >= 0.6 is 7.94 Å². The van der Waals surface area contributed by atoms with E-state index in [9.17, 15) is 0 Å². The van der Waals surface area contributed by atoms with E-state index >= 15 is 0 Å². The molecule has 12 heavy (non-hydrogen) atoms. The largest absolute Gasteiger partial charge is 0.403 e. The molecule has 0 amide bonds. The third-order valence-corrected chi connectivity index (χ3v) is 2.31. The summed E-state index contributed by atoms with van der Waals surface area (Å²) < 4.78 is 4.84. The molecule has 74 valence electrons. The van der Waals surface area contributed by atoms with Crippen LogP contribution in [0.15, 0.2) is 0 Å². The van der Waals surface area contributed by atoms with Gasteiger partial charge in [0.2, 0.25) is 0 Å². The van der Waals surface area contributed by atoms with E-state index in [-0.39, 0.29) is 0 Å². The quantitative estimate of drug-likeness (QED) is 0.615. The molecule has 0 saturated carbocycles. The molecule has 2 N–H and O–H groups in total. The molecule has 0 aliphatic rings. The zero-order valence-corrected chi connectivity index (χ0v) is 8.92. The molecule has 0 fully saturated rings. The second kappa shape index (κ2) is 5.84. The van der Waals surface area contributed by atoms with Crippen LogP contribution in [0.1, 0.15) is 13.8 Å². The Hall–Kier alpha value is 0.270. The van der Waals surface area contributed by atoms with E-state index in [2.05, 4.69) is 18.7 Å². The van der Waals surface area contributed by atoms with Crippen LogP contribution in [0.4, 0.5) is 0 Å². The van der Waals surface area contributed by atoms with Crippen molar-refractivity contribution in [2.24, 2.45) is 0 Å². The van der Waals surface area contributed by atoms with Crippen LogP contribution in [-0.2, 0) is 4.52 Å². The molecule has 0 bridgehead atoms. The molecule has 0 aromatic rings. The average molecular weight is 196 g/mol. The molecule has 0 aliphatic heterocycles. The van der Waals surface area contributed by atoms with Gasteiger partial charge in [-0.15, -0.1) is 0 Å². The van der Waals surface area contributed by atoms with E-state index in [0.717, 1.165) is 19.6 Å². The fourth-order valence-electron chi connectivity index (χ4n) is 0.883. The first kappa shape index (κ1) is 12.3. The number of hydrogen-bond acceptors (Lipinski definition) is 4. The molecule has 0 aromatic carbocycles. The van der Waals surface area contributed by atoms with Crippen LogP contribution in [-0.4, -0.2) is 47.6 Å². The molecule has 0 unspecified atom stereocenters. The average Bonchev–Trinajstić information content (AvgIpc) is 1.96. The van der Waals surface area contributed by atoms with E-state index in [1.54, 1.807) is 0 Å². The Bertz CT molecular complexity index is 112. The van der Waals surface area contributed by atoms with Crippen LogP contribution in [0.3, 0.4) is 0 Å². The summed E-state index contributed by atoms with van der Waals surface area (Å²) in [4.78, 5) is 20.0. The van der Waals surface area contributed by atoms with Crippen molar-refractivity contribution in [1.29, 1.82) is 0 Å². The van der Waals surface area contributed by atoms with Gasteiger partial charge in [-0.05, 0) is 13.1 Å². The summed E-state index contributed by atoms with van der Waals surface area (Å²) in [6.45, 7) is 8.51. The van der Waals surface area contributed by atoms with E-state index in [1.807, 2.05) is 0 Å². The van der Waals surface area contributed by atoms with Gasteiger partial charge >= 0.3 is 7.94 Å². The summed E-state index contributed by atoms with van der Waals surface area (Å²) in [6, 6.07) is 0. The fraction of sp³-hybridized carbons (Fsp3) is 1.00. The number of rotatable bonds is 6. The van der Waals surface area contributed by atoms with Crippen LogP contribution in [0.2, 0.25) is 0 Å². The maximum absolute atomic E-state index is 8.90. The molecule has 0 aromatic heterocycles. The minimum absolute atomic E-state index is 0.388. The van der Waals surface area contributed by atoms with Gasteiger partial charge < -0.3 is 4.90 Å². The van der Waals surface area contributed by atoms with E-state index in [0.29, 0.717) is 6.61 Å². The predicted octanol–water partition coefficient (Wildman–Crippen LogP) is 0.722. The van der Waals surface area contributed by atoms with Crippen LogP contribution < -0.4 is 0 Å². The molecule has 0 rings (SSSR count). The highest BCUT2D eigenvalue weighted by molar-refractivity contribution is 7.58. The lowest BCUT2D eigenvalue weighted by Gasteiger charge is -2.17. The Morgan fingerprint density at radius 2 is 1.75 bits per heavy atom. The van der Waals surface area contributed by atoms with Gasteiger partial charge in [0.25, 0.3) is 0 Å². The number of nitrogens with zero attached hydrogens (tertiary/aromatic N) is 1. The van der Waals surface area contributed by atoms with Crippen molar-refractivity contribution in [3.8, 4) is 0 Å². The van der Waals surface area contributed by atoms with Crippen molar-refractivity contribution in [3.63, 3.8) is 0 Å². The Labute approximate surface area is 74.7 Å². The Balaban J connectivity index is 3.41. The normalized spacial score (nSPS) is 12.5. The Kier molecular flexibility index (Phi) is 5.97. The molecular formula is C7H19NO3P+. The zero-order chi connectivity index (χ0) is 9.61. The standard InChI is InChI=1S/C7H19NO3P/c1-4-8(5-2)6-7-11-12(3,9)10/h9-10H,4-7H2,1-3H3/q+1. The van der Waals surface area contributed by atoms with E-state index < -0.39 is 7.94 Å². The Morgan fingerprint density at radius 3 is 2.08 bits per heavy atom. The molecule has 4 nitrogen and oxygen atoms in total. The van der Waals surface area contributed by atoms with Gasteiger partial charge in [-0.2, -0.15) is 14.3 Å². The highest BCUT2D eigenvalue weighted by Crippen LogP contribution is 2.45. The lowest BCUT2D eigenvalue weighted by Crippen LogP contribution is -2.26. The van der Waals surface area contributed by atoms with Gasteiger partial charge in [0, 0.05) is 6.54 Å². The van der Waals surface area contributed by atoms with Crippen molar-refractivity contribution < 1.29 is 14.3 Å². The van der Waals surface area contributed by atoms with Crippen molar-refractivity contribution in [2.45, 2.75) is 13.8 Å². The molecule has 0 spiro atoms. The van der Waals surface area contributed by atoms with Gasteiger partial charge in [-0.3, -0.25) is 0 Å². The monoisotopic (exact) mass is 196 g/mol. The molecule has 0 radical (unpaired) electrons. The minimum atomic E-state index is -3.02. The Morgan fingerprint density at radius 1 is 1.25 bits per heavy atom. The first-order valence-electron chi connectivity index (χ1n) is 4.18. The maximum atomic E-state index is 8.90. The maximum Gasteiger partial charge on any atom is 0.403 e. The second-order valence-corrected chi connectivity index (χ2v) is 4.62. The van der Waals surface area contributed by atoms with Gasteiger partial charge in [-0.25, -0.2) is 0 Å². The van der Waals surface area contributed by atoms with Crippen LogP contribution in [0.25, 0.3) is 0 Å². The van der Waals surface area contributed by atoms with E-state index in [1.165, 1.54) is 6.66 Å². The SMILES string of the molecule is CCN(CC)CCO[P+](C)(O)O. The van der Waals surface area contributed by atoms with Crippen molar-refractivity contribution in [2.75, 3.05) is 32.9 Å². The summed E-state index contributed by atoms with van der Waals surface area (Å²) in [7, 11) is -3.02. The van der Waals surface area contributed by atoms with Gasteiger partial charge in [0.1, 0.15) is 13.3 Å². The third-order valence-electron chi connectivity index (χ3n) is 1.64. The third kappa shape index (κ3) is 6.95. The van der Waals surface area contributed by atoms with Crippen molar-refractivity contribution in [1.82, 2.24) is 4.90 Å². The zero-order valence-electron chi connectivity index (χ0n) is 8.03. The van der Waals surface area contributed by atoms with Gasteiger partial charge in [-0.1, -0.05) is 13.8 Å². The van der Waals surface area contributed by atoms with E-state index in [4.69, 9.17) is 14.3 Å². The first-order valence-corrected chi connectivity index (χ1v) is 6.24. The van der Waals surface area contributed by atoms with Crippen LogP contribution in [0, 0.1) is 0 Å². The fourth-order valence-corrected chi connectivity index (χ4v) is 1.31. The predicted molar refractivity (Wildman–Crippen MR) is 51.0 cm³/mol. The van der Waals surface area contributed by atoms with Crippen molar-refractivity contribution >= 4 is 7.94 Å². The summed E-state index contributed by atoms with van der Waals surface area (Å²) in [5.41, 5.74) is 0. The minimum Gasteiger partial charge on any atom is -0.301 e. The number of hydrogen-bond donors (Lipinski definition) is 2. The molecule has 0 heterocycles. The van der Waals surface area contributed by atoms with Crippen LogP contribution in [0.5, 0.6) is 0 Å². The summed E-state index contributed by atoms with van der Waals surface area (Å²) in [6.07, 6.45) is 0. The highest BCUT2D eigenvalue weighted by Gasteiger charge is 2.26. The first-order chi connectivity index (χ1) is 5.49. The molecule has 0 saturated heterocycles. The smallest absolute Gasteiger partial charge is 0.301 e. The topological polar surface area (TPSA) is 52.9 Å².